The molecule has 2 aromatic rings. The van der Waals surface area contributed by atoms with Gasteiger partial charge in [0.25, 0.3) is 12.2 Å². The number of rotatable bonds is 4. The van der Waals surface area contributed by atoms with Crippen LogP contribution in [0.15, 0.2) is 30.3 Å². The number of carbonyl (C=O) groups excluding carboxylic acids is 2. The average Bonchev–Trinajstić information content (AvgIpc) is 2.77. The molecule has 0 radical (unpaired) electrons. The molecule has 7 nitrogen and oxygen atoms in total. The summed E-state index contributed by atoms with van der Waals surface area (Å²) in [6.45, 7) is 1.18. The maximum absolute atomic E-state index is 12.5. The molecule has 1 heterocycles. The van der Waals surface area contributed by atoms with Crippen LogP contribution in [-0.4, -0.2) is 32.4 Å². The molecule has 2 aromatic carbocycles. The molecule has 1 aliphatic heterocycles. The number of methoxy groups -OCH3 is 2. The first kappa shape index (κ1) is 20.3. The molecule has 0 aliphatic carbocycles. The first-order valence-electron chi connectivity index (χ1n) is 8.18. The molecular formula is C19H17Cl2NO6. The van der Waals surface area contributed by atoms with E-state index in [4.69, 9.17) is 42.1 Å². The summed E-state index contributed by atoms with van der Waals surface area (Å²) in [7, 11) is 2.95. The first-order valence-corrected chi connectivity index (χ1v) is 8.94. The summed E-state index contributed by atoms with van der Waals surface area (Å²) in [4.78, 5) is 23.9. The van der Waals surface area contributed by atoms with Crippen LogP contribution in [-0.2, 0) is 19.1 Å². The van der Waals surface area contributed by atoms with Crippen LogP contribution >= 0.6 is 23.2 Å². The quantitative estimate of drug-likeness (QED) is 0.746. The van der Waals surface area contributed by atoms with Gasteiger partial charge in [0, 0.05) is 39.8 Å². The highest BCUT2D eigenvalue weighted by Gasteiger charge is 2.36. The van der Waals surface area contributed by atoms with Crippen molar-refractivity contribution in [2.75, 3.05) is 19.5 Å². The van der Waals surface area contributed by atoms with Crippen LogP contribution in [0.1, 0.15) is 24.2 Å². The summed E-state index contributed by atoms with van der Waals surface area (Å²) < 4.78 is 21.8. The van der Waals surface area contributed by atoms with Crippen LogP contribution in [0.4, 0.5) is 5.69 Å². The number of hydrogen-bond donors (Lipinski definition) is 1. The van der Waals surface area contributed by atoms with Gasteiger partial charge in [-0.25, -0.2) is 0 Å². The van der Waals surface area contributed by atoms with E-state index in [-0.39, 0.29) is 0 Å². The van der Waals surface area contributed by atoms with Gasteiger partial charge in [0.15, 0.2) is 11.5 Å². The van der Waals surface area contributed by atoms with E-state index in [1.807, 2.05) is 0 Å². The smallest absolute Gasteiger partial charge is 0.305 e. The number of nitrogens with one attached hydrogen (secondary N) is 1. The van der Waals surface area contributed by atoms with Crippen molar-refractivity contribution < 1.29 is 28.5 Å². The Morgan fingerprint density at radius 3 is 2.43 bits per heavy atom. The maximum atomic E-state index is 12.5. The average molecular weight is 426 g/mol. The fourth-order valence-corrected chi connectivity index (χ4v) is 3.34. The zero-order valence-corrected chi connectivity index (χ0v) is 16.8. The SMILES string of the molecule is COc1cc(Cl)cc([C@@H]2O[C@@H](OC(C)=O)C(=O)Nc3ccc(Cl)cc32)c1OC. The molecule has 28 heavy (non-hydrogen) atoms. The molecule has 0 unspecified atom stereocenters. The van der Waals surface area contributed by atoms with Gasteiger partial charge in [-0.1, -0.05) is 23.2 Å². The first-order chi connectivity index (χ1) is 13.3. The molecule has 148 valence electrons. The Morgan fingerprint density at radius 2 is 1.79 bits per heavy atom. The third-order valence-electron chi connectivity index (χ3n) is 4.06. The second kappa shape index (κ2) is 8.26. The van der Waals surface area contributed by atoms with Crippen molar-refractivity contribution in [3.05, 3.63) is 51.5 Å². The maximum Gasteiger partial charge on any atom is 0.305 e. The molecule has 1 amide bonds. The highest BCUT2D eigenvalue weighted by Crippen LogP contribution is 2.45. The van der Waals surface area contributed by atoms with Gasteiger partial charge in [-0.2, -0.15) is 0 Å². The number of hydrogen-bond acceptors (Lipinski definition) is 6. The van der Waals surface area contributed by atoms with Gasteiger partial charge in [0.1, 0.15) is 6.10 Å². The van der Waals surface area contributed by atoms with Crippen LogP contribution in [0.3, 0.4) is 0 Å². The predicted octanol–water partition coefficient (Wildman–Crippen LogP) is 3.96. The second-order valence-corrected chi connectivity index (χ2v) is 6.78. The van der Waals surface area contributed by atoms with Crippen LogP contribution in [0.25, 0.3) is 0 Å². The number of carbonyl (C=O) groups is 2. The zero-order valence-electron chi connectivity index (χ0n) is 15.2. The van der Waals surface area contributed by atoms with Gasteiger partial charge in [-0.05, 0) is 24.3 Å². The van der Waals surface area contributed by atoms with Crippen molar-refractivity contribution in [1.29, 1.82) is 0 Å². The zero-order chi connectivity index (χ0) is 20.4. The molecule has 1 N–H and O–H groups in total. The van der Waals surface area contributed by atoms with E-state index < -0.39 is 24.3 Å². The molecule has 9 heteroatoms. The van der Waals surface area contributed by atoms with Gasteiger partial charge in [0.05, 0.1) is 14.2 Å². The van der Waals surface area contributed by atoms with Crippen molar-refractivity contribution in [2.24, 2.45) is 0 Å². The van der Waals surface area contributed by atoms with E-state index in [0.29, 0.717) is 38.4 Å². The minimum Gasteiger partial charge on any atom is -0.493 e. The molecular weight excluding hydrogens is 409 g/mol. The number of benzene rings is 2. The minimum atomic E-state index is -1.48. The Hall–Kier alpha value is -2.48. The van der Waals surface area contributed by atoms with E-state index in [1.165, 1.54) is 21.1 Å². The van der Waals surface area contributed by atoms with Crippen LogP contribution < -0.4 is 14.8 Å². The van der Waals surface area contributed by atoms with Crippen molar-refractivity contribution in [3.63, 3.8) is 0 Å². The normalized spacial score (nSPS) is 18.5. The van der Waals surface area contributed by atoms with Crippen molar-refractivity contribution in [1.82, 2.24) is 0 Å². The lowest BCUT2D eigenvalue weighted by molar-refractivity contribution is -0.187. The lowest BCUT2D eigenvalue weighted by Gasteiger charge is -2.24. The largest absolute Gasteiger partial charge is 0.493 e. The highest BCUT2D eigenvalue weighted by molar-refractivity contribution is 6.31. The lowest BCUT2D eigenvalue weighted by atomic mass is 9.98. The van der Waals surface area contributed by atoms with Crippen molar-refractivity contribution in [3.8, 4) is 11.5 Å². The van der Waals surface area contributed by atoms with Gasteiger partial charge < -0.3 is 24.3 Å². The van der Waals surface area contributed by atoms with Crippen LogP contribution in [0, 0.1) is 0 Å². The van der Waals surface area contributed by atoms with Crippen molar-refractivity contribution in [2.45, 2.75) is 19.3 Å². The fraction of sp³-hybridized carbons (Fsp3) is 0.263. The highest BCUT2D eigenvalue weighted by atomic mass is 35.5. The predicted molar refractivity (Wildman–Crippen MR) is 103 cm³/mol. The van der Waals surface area contributed by atoms with E-state index in [2.05, 4.69) is 5.32 Å². The Morgan fingerprint density at radius 1 is 1.07 bits per heavy atom. The third-order valence-corrected chi connectivity index (χ3v) is 4.51. The molecule has 0 aromatic heterocycles. The Balaban J connectivity index is 2.22. The number of fused-ring (bicyclic) bond motifs is 1. The summed E-state index contributed by atoms with van der Waals surface area (Å²) in [6.07, 6.45) is -2.37. The molecule has 0 saturated carbocycles. The van der Waals surface area contributed by atoms with Crippen molar-refractivity contribution >= 4 is 40.8 Å². The van der Waals surface area contributed by atoms with Crippen LogP contribution in [0.2, 0.25) is 10.0 Å². The molecule has 1 aliphatic rings. The second-order valence-electron chi connectivity index (χ2n) is 5.91. The number of amides is 1. The summed E-state index contributed by atoms with van der Waals surface area (Å²) >= 11 is 12.4. The Labute approximate surface area is 171 Å². The van der Waals surface area contributed by atoms with E-state index in [0.717, 1.165) is 0 Å². The molecule has 0 spiro atoms. The minimum absolute atomic E-state index is 0.360. The number of esters is 1. The standard InChI is InChI=1S/C19H17Cl2NO6/c1-9(23)27-19-18(24)22-14-5-4-10(20)6-12(14)16(28-19)13-7-11(21)8-15(25-2)17(13)26-3/h4-8,16,19H,1-3H3,(H,22,24)/t16-,19-/m1/s1. The molecule has 3 rings (SSSR count). The van der Waals surface area contributed by atoms with Gasteiger partial charge >= 0.3 is 5.97 Å². The molecule has 2 atom stereocenters. The monoisotopic (exact) mass is 425 g/mol. The van der Waals surface area contributed by atoms with Gasteiger partial charge in [0.2, 0.25) is 0 Å². The van der Waals surface area contributed by atoms with E-state index in [9.17, 15) is 9.59 Å². The number of ether oxygens (including phenoxy) is 4. The summed E-state index contributed by atoms with van der Waals surface area (Å²) in [6, 6.07) is 8.12. The third kappa shape index (κ3) is 4.01. The molecule has 0 saturated heterocycles. The lowest BCUT2D eigenvalue weighted by Crippen LogP contribution is -2.33. The number of anilines is 1. The summed E-state index contributed by atoms with van der Waals surface area (Å²) in [5.74, 6) is -0.559. The number of halogens is 2. The summed E-state index contributed by atoms with van der Waals surface area (Å²) in [5.41, 5.74) is 1.47. The Kier molecular flexibility index (Phi) is 5.98. The van der Waals surface area contributed by atoms with Gasteiger partial charge in [-0.15, -0.1) is 0 Å². The molecule has 0 bridgehead atoms. The summed E-state index contributed by atoms with van der Waals surface area (Å²) in [5, 5.41) is 3.48. The van der Waals surface area contributed by atoms with E-state index in [1.54, 1.807) is 30.3 Å². The van der Waals surface area contributed by atoms with Crippen LogP contribution in [0.5, 0.6) is 11.5 Å². The fourth-order valence-electron chi connectivity index (χ4n) is 2.94. The van der Waals surface area contributed by atoms with Gasteiger partial charge in [-0.3, -0.25) is 9.59 Å². The molecule has 0 fully saturated rings. The topological polar surface area (TPSA) is 83.1 Å². The van der Waals surface area contributed by atoms with E-state index >= 15 is 0 Å². The Bertz CT molecular complexity index is 933.